The van der Waals surface area contributed by atoms with Gasteiger partial charge in [-0.05, 0) is 18.1 Å². The van der Waals surface area contributed by atoms with Gasteiger partial charge in [0.05, 0.1) is 16.6 Å². The van der Waals surface area contributed by atoms with E-state index in [2.05, 4.69) is 6.07 Å². The molecule has 0 N–H and O–H groups in total. The molecule has 148 valence electrons. The Labute approximate surface area is 175 Å². The molecular formula is C25H20N2O3. The van der Waals surface area contributed by atoms with Gasteiger partial charge in [-0.3, -0.25) is 10.1 Å². The summed E-state index contributed by atoms with van der Waals surface area (Å²) in [5.74, 6) is 0.351. The average molecular weight is 396 g/mol. The van der Waals surface area contributed by atoms with E-state index in [0.29, 0.717) is 17.8 Å². The largest absolute Gasteiger partial charge is 0.484 e. The molecule has 5 heteroatoms. The molecule has 0 unspecified atom stereocenters. The van der Waals surface area contributed by atoms with Crippen LogP contribution < -0.4 is 0 Å². The first-order valence-corrected chi connectivity index (χ1v) is 9.74. The molecule has 3 aromatic carbocycles. The van der Waals surface area contributed by atoms with Gasteiger partial charge in [-0.1, -0.05) is 72.3 Å². The van der Waals surface area contributed by atoms with Crippen molar-refractivity contribution in [3.63, 3.8) is 0 Å². The predicted molar refractivity (Wildman–Crippen MR) is 114 cm³/mol. The second kappa shape index (κ2) is 8.22. The third-order valence-electron chi connectivity index (χ3n) is 5.41. The van der Waals surface area contributed by atoms with Crippen LogP contribution >= 0.6 is 0 Å². The lowest BCUT2D eigenvalue weighted by molar-refractivity contribution is -0.384. The molecule has 4 rings (SSSR count). The fourth-order valence-corrected chi connectivity index (χ4v) is 3.80. The quantitative estimate of drug-likeness (QED) is 0.395. The van der Waals surface area contributed by atoms with Crippen molar-refractivity contribution in [2.24, 2.45) is 0 Å². The predicted octanol–water partition coefficient (Wildman–Crippen LogP) is 6.08. The van der Waals surface area contributed by atoms with Gasteiger partial charge >= 0.3 is 0 Å². The molecule has 0 radical (unpaired) electrons. The zero-order valence-electron chi connectivity index (χ0n) is 16.5. The molecule has 0 amide bonds. The molecule has 3 aromatic rings. The van der Waals surface area contributed by atoms with Crippen molar-refractivity contribution in [1.29, 1.82) is 5.26 Å². The van der Waals surface area contributed by atoms with Crippen LogP contribution in [0.5, 0.6) is 0 Å². The fraction of sp³-hybridized carbons (Fsp3) is 0.160. The van der Waals surface area contributed by atoms with Crippen LogP contribution in [0.3, 0.4) is 0 Å². The van der Waals surface area contributed by atoms with Crippen LogP contribution in [0.25, 0.3) is 5.76 Å². The van der Waals surface area contributed by atoms with E-state index < -0.39 is 4.92 Å². The molecule has 0 aromatic heterocycles. The first-order chi connectivity index (χ1) is 14.6. The van der Waals surface area contributed by atoms with Crippen molar-refractivity contribution in [3.05, 3.63) is 117 Å². The summed E-state index contributed by atoms with van der Waals surface area (Å²) in [6.07, 6.45) is 0.359. The lowest BCUT2D eigenvalue weighted by atomic mass is 9.81. The molecule has 30 heavy (non-hydrogen) atoms. The van der Waals surface area contributed by atoms with E-state index in [4.69, 9.17) is 4.74 Å². The number of rotatable bonds is 4. The number of allylic oxidation sites excluding steroid dienone is 1. The van der Waals surface area contributed by atoms with Crippen molar-refractivity contribution in [2.75, 3.05) is 0 Å². The van der Waals surface area contributed by atoms with Crippen LogP contribution in [-0.2, 0) is 4.74 Å². The average Bonchev–Trinajstić information content (AvgIpc) is 2.79. The Morgan fingerprint density at radius 2 is 1.60 bits per heavy atom. The van der Waals surface area contributed by atoms with Gasteiger partial charge in [0.2, 0.25) is 0 Å². The highest BCUT2D eigenvalue weighted by Crippen LogP contribution is 2.46. The lowest BCUT2D eigenvalue weighted by Gasteiger charge is -2.33. The molecule has 1 aliphatic heterocycles. The molecule has 5 nitrogen and oxygen atoms in total. The highest BCUT2D eigenvalue weighted by molar-refractivity contribution is 5.70. The topological polar surface area (TPSA) is 76.2 Å². The highest BCUT2D eigenvalue weighted by Gasteiger charge is 2.33. The van der Waals surface area contributed by atoms with E-state index in [-0.39, 0.29) is 17.7 Å². The lowest BCUT2D eigenvalue weighted by Crippen LogP contribution is -2.19. The minimum Gasteiger partial charge on any atom is -0.484 e. The number of hydrogen-bond acceptors (Lipinski definition) is 4. The number of nitriles is 1. The summed E-state index contributed by atoms with van der Waals surface area (Å²) in [4.78, 5) is 10.6. The molecular weight excluding hydrogens is 376 g/mol. The van der Waals surface area contributed by atoms with Gasteiger partial charge in [-0.25, -0.2) is 0 Å². The third-order valence-corrected chi connectivity index (χ3v) is 5.41. The number of ether oxygens (including phenoxy) is 1. The second-order valence-electron chi connectivity index (χ2n) is 7.37. The van der Waals surface area contributed by atoms with Crippen molar-refractivity contribution < 1.29 is 9.66 Å². The number of non-ortho nitro benzene ring substituents is 1. The SMILES string of the molecule is Cc1ccc([C@@H]2C[C@H](c3ccc([N+](=O)[O-])cc3)C(C#N)=C(c3ccccc3)O2)cc1. The summed E-state index contributed by atoms with van der Waals surface area (Å²) in [5.41, 5.74) is 4.49. The van der Waals surface area contributed by atoms with Gasteiger partial charge in [-0.2, -0.15) is 5.26 Å². The van der Waals surface area contributed by atoms with Gasteiger partial charge in [0.1, 0.15) is 11.9 Å². The summed E-state index contributed by atoms with van der Waals surface area (Å²) >= 11 is 0. The Balaban J connectivity index is 1.81. The monoisotopic (exact) mass is 396 g/mol. The van der Waals surface area contributed by atoms with Gasteiger partial charge in [0.15, 0.2) is 0 Å². The Bertz CT molecular complexity index is 1130. The molecule has 0 bridgehead atoms. The Morgan fingerprint density at radius 1 is 0.967 bits per heavy atom. The molecule has 2 atom stereocenters. The van der Waals surface area contributed by atoms with Gasteiger partial charge in [-0.15, -0.1) is 0 Å². The number of benzene rings is 3. The zero-order chi connectivity index (χ0) is 21.1. The summed E-state index contributed by atoms with van der Waals surface area (Å²) < 4.78 is 6.36. The second-order valence-corrected chi connectivity index (χ2v) is 7.37. The molecule has 0 saturated heterocycles. The first-order valence-electron chi connectivity index (χ1n) is 9.74. The van der Waals surface area contributed by atoms with E-state index in [1.807, 2.05) is 61.5 Å². The number of nitro benzene ring substituents is 1. The maximum Gasteiger partial charge on any atom is 0.269 e. The van der Waals surface area contributed by atoms with Crippen LogP contribution in [0.15, 0.2) is 84.4 Å². The van der Waals surface area contributed by atoms with Crippen molar-refractivity contribution in [3.8, 4) is 6.07 Å². The summed E-state index contributed by atoms with van der Waals surface area (Å²) in [5, 5.41) is 21.0. The Hall–Kier alpha value is -3.91. The summed E-state index contributed by atoms with van der Waals surface area (Å²) in [6.45, 7) is 2.04. The van der Waals surface area contributed by atoms with Crippen LogP contribution in [0, 0.1) is 28.4 Å². The third kappa shape index (κ3) is 3.81. The Morgan fingerprint density at radius 3 is 2.20 bits per heavy atom. The maximum atomic E-state index is 11.0. The van der Waals surface area contributed by atoms with E-state index in [1.165, 1.54) is 12.1 Å². The van der Waals surface area contributed by atoms with Crippen molar-refractivity contribution >= 4 is 11.4 Å². The zero-order valence-corrected chi connectivity index (χ0v) is 16.5. The highest BCUT2D eigenvalue weighted by atomic mass is 16.6. The number of aryl methyl sites for hydroxylation is 1. The van der Waals surface area contributed by atoms with Crippen LogP contribution in [0.4, 0.5) is 5.69 Å². The molecule has 0 aliphatic carbocycles. The van der Waals surface area contributed by atoms with Crippen LogP contribution in [0.1, 0.15) is 40.7 Å². The normalized spacial score (nSPS) is 18.4. The van der Waals surface area contributed by atoms with Crippen molar-refractivity contribution in [2.45, 2.75) is 25.4 Å². The molecule has 0 fully saturated rings. The summed E-state index contributed by atoms with van der Waals surface area (Å²) in [6, 6.07) is 26.6. The first kappa shape index (κ1) is 19.4. The molecule has 0 spiro atoms. The van der Waals surface area contributed by atoms with Crippen molar-refractivity contribution in [1.82, 2.24) is 0 Å². The van der Waals surface area contributed by atoms with Gasteiger partial charge in [0, 0.05) is 30.0 Å². The number of nitro groups is 1. The van der Waals surface area contributed by atoms with E-state index in [9.17, 15) is 15.4 Å². The van der Waals surface area contributed by atoms with E-state index >= 15 is 0 Å². The molecule has 1 heterocycles. The Kier molecular flexibility index (Phi) is 5.32. The summed E-state index contributed by atoms with van der Waals surface area (Å²) in [7, 11) is 0. The van der Waals surface area contributed by atoms with Gasteiger partial charge in [0.25, 0.3) is 5.69 Å². The molecule has 1 aliphatic rings. The standard InChI is InChI=1S/C25H20N2O3/c1-17-7-9-19(10-8-17)24-15-22(18-11-13-21(14-12-18)27(28)29)23(16-26)25(30-24)20-5-3-2-4-6-20/h2-14,22,24H,15H2,1H3/t22-,24+/m1/s1. The molecule has 0 saturated carbocycles. The number of nitrogens with zero attached hydrogens (tertiary/aromatic N) is 2. The smallest absolute Gasteiger partial charge is 0.269 e. The van der Waals surface area contributed by atoms with Crippen LogP contribution in [0.2, 0.25) is 0 Å². The fourth-order valence-electron chi connectivity index (χ4n) is 3.80. The number of hydrogen-bond donors (Lipinski definition) is 0. The van der Waals surface area contributed by atoms with E-state index in [0.717, 1.165) is 22.3 Å². The minimum atomic E-state index is -0.417. The maximum absolute atomic E-state index is 11.0. The van der Waals surface area contributed by atoms with E-state index in [1.54, 1.807) is 12.1 Å². The van der Waals surface area contributed by atoms with Gasteiger partial charge < -0.3 is 4.74 Å². The minimum absolute atomic E-state index is 0.0339. The van der Waals surface area contributed by atoms with Crippen LogP contribution in [-0.4, -0.2) is 4.92 Å².